The molecule has 86 valence electrons. The van der Waals surface area contributed by atoms with Gasteiger partial charge in [0.2, 0.25) is 5.71 Å². The summed E-state index contributed by atoms with van der Waals surface area (Å²) < 4.78 is 7.80. The van der Waals surface area contributed by atoms with Gasteiger partial charge in [-0.25, -0.2) is 4.98 Å². The maximum atomic E-state index is 5.76. The monoisotopic (exact) mass is 234 g/mol. The number of oxazole rings is 1. The second-order valence-electron chi connectivity index (χ2n) is 4.19. The minimum atomic E-state index is 0.773. The van der Waals surface area contributed by atoms with Crippen LogP contribution in [0.25, 0.3) is 28.2 Å². The third-order valence-corrected chi connectivity index (χ3v) is 3.08. The predicted molar refractivity (Wildman–Crippen MR) is 70.4 cm³/mol. The molecule has 0 unspecified atom stereocenters. The van der Waals surface area contributed by atoms with Crippen molar-refractivity contribution in [1.29, 1.82) is 0 Å². The molecular weight excluding hydrogens is 224 g/mol. The summed E-state index contributed by atoms with van der Waals surface area (Å²) in [5.74, 6) is 0.913. The highest BCUT2D eigenvalue weighted by molar-refractivity contribution is 5.80. The molecule has 0 amide bonds. The average molecular weight is 234 g/mol. The van der Waals surface area contributed by atoms with Crippen molar-refractivity contribution >= 4 is 16.8 Å². The Hall–Kier alpha value is -2.55. The molecule has 3 nitrogen and oxygen atoms in total. The Morgan fingerprint density at radius 1 is 0.889 bits per heavy atom. The van der Waals surface area contributed by atoms with Gasteiger partial charge in [-0.2, -0.15) is 0 Å². The largest absolute Gasteiger partial charge is 0.437 e. The van der Waals surface area contributed by atoms with Crippen LogP contribution in [0.15, 0.2) is 65.2 Å². The Bertz CT molecular complexity index is 827. The van der Waals surface area contributed by atoms with E-state index >= 15 is 0 Å². The van der Waals surface area contributed by atoms with Crippen LogP contribution in [0.4, 0.5) is 0 Å². The van der Waals surface area contributed by atoms with Crippen molar-refractivity contribution in [2.24, 2.45) is 0 Å². The van der Waals surface area contributed by atoms with E-state index in [1.807, 2.05) is 46.9 Å². The first-order chi connectivity index (χ1) is 8.93. The normalized spacial score (nSPS) is 11.3. The highest BCUT2D eigenvalue weighted by atomic mass is 16.3. The van der Waals surface area contributed by atoms with Crippen LogP contribution >= 0.6 is 0 Å². The zero-order chi connectivity index (χ0) is 11.9. The van der Waals surface area contributed by atoms with E-state index in [2.05, 4.69) is 17.1 Å². The number of fused-ring (bicyclic) bond motifs is 3. The summed E-state index contributed by atoms with van der Waals surface area (Å²) in [4.78, 5) is 4.44. The van der Waals surface area contributed by atoms with Crippen LogP contribution < -0.4 is 0 Å². The second-order valence-corrected chi connectivity index (χ2v) is 4.19. The maximum absolute atomic E-state index is 5.76. The lowest BCUT2D eigenvalue weighted by Gasteiger charge is -1.98. The fourth-order valence-electron chi connectivity index (χ4n) is 2.27. The van der Waals surface area contributed by atoms with Gasteiger partial charge in [0.1, 0.15) is 5.82 Å². The molecule has 0 spiro atoms. The molecule has 2 heterocycles. The van der Waals surface area contributed by atoms with Crippen LogP contribution in [0.5, 0.6) is 0 Å². The highest BCUT2D eigenvalue weighted by Crippen LogP contribution is 2.26. The van der Waals surface area contributed by atoms with Gasteiger partial charge in [0.05, 0.1) is 11.7 Å². The number of aromatic nitrogens is 2. The van der Waals surface area contributed by atoms with Crippen molar-refractivity contribution in [2.75, 3.05) is 0 Å². The summed E-state index contributed by atoms with van der Waals surface area (Å²) in [5.41, 5.74) is 3.79. The number of imidazole rings is 1. The molecule has 0 aliphatic rings. The van der Waals surface area contributed by atoms with Gasteiger partial charge in [-0.15, -0.1) is 0 Å². The Morgan fingerprint density at radius 2 is 1.67 bits per heavy atom. The molecule has 0 atom stereocenters. The Labute approximate surface area is 103 Å². The first kappa shape index (κ1) is 9.48. The fourth-order valence-corrected chi connectivity index (χ4v) is 2.27. The molecule has 4 aromatic rings. The average Bonchev–Trinajstić information content (AvgIpc) is 2.98. The molecule has 0 saturated heterocycles. The smallest absolute Gasteiger partial charge is 0.225 e. The third kappa shape index (κ3) is 1.21. The zero-order valence-corrected chi connectivity index (χ0v) is 9.58. The van der Waals surface area contributed by atoms with E-state index in [-0.39, 0.29) is 0 Å². The molecule has 2 aromatic heterocycles. The number of hydrogen-bond acceptors (Lipinski definition) is 2. The minimum absolute atomic E-state index is 0.773. The lowest BCUT2D eigenvalue weighted by molar-refractivity contribution is 0.656. The third-order valence-electron chi connectivity index (χ3n) is 3.08. The van der Waals surface area contributed by atoms with Gasteiger partial charge in [-0.05, 0) is 12.1 Å². The highest BCUT2D eigenvalue weighted by Gasteiger charge is 2.12. The Balaban J connectivity index is 2.13. The zero-order valence-electron chi connectivity index (χ0n) is 9.58. The molecule has 0 saturated carbocycles. The van der Waals surface area contributed by atoms with E-state index in [9.17, 15) is 0 Å². The molecule has 0 aliphatic carbocycles. The van der Waals surface area contributed by atoms with Crippen LogP contribution in [-0.2, 0) is 0 Å². The number of para-hydroxylation sites is 2. The molecule has 0 N–H and O–H groups in total. The summed E-state index contributed by atoms with van der Waals surface area (Å²) in [6, 6.07) is 18.1. The molecule has 0 aliphatic heterocycles. The topological polar surface area (TPSA) is 30.4 Å². The van der Waals surface area contributed by atoms with Gasteiger partial charge in [0, 0.05) is 5.56 Å². The summed E-state index contributed by atoms with van der Waals surface area (Å²) in [6.45, 7) is 0. The fraction of sp³-hybridized carbons (Fsp3) is 0. The van der Waals surface area contributed by atoms with Crippen LogP contribution in [0.1, 0.15) is 0 Å². The van der Waals surface area contributed by atoms with Gasteiger partial charge >= 0.3 is 0 Å². The summed E-state index contributed by atoms with van der Waals surface area (Å²) in [7, 11) is 0. The van der Waals surface area contributed by atoms with E-state index in [0.717, 1.165) is 28.2 Å². The minimum Gasteiger partial charge on any atom is -0.437 e. The lowest BCUT2D eigenvalue weighted by Crippen LogP contribution is -1.87. The Kier molecular flexibility index (Phi) is 1.83. The van der Waals surface area contributed by atoms with E-state index in [0.29, 0.717) is 0 Å². The number of hydrogen-bond donors (Lipinski definition) is 0. The quantitative estimate of drug-likeness (QED) is 0.502. The first-order valence-corrected chi connectivity index (χ1v) is 5.84. The van der Waals surface area contributed by atoms with E-state index in [1.54, 1.807) is 6.20 Å². The van der Waals surface area contributed by atoms with Crippen LogP contribution in [-0.4, -0.2) is 9.38 Å². The Morgan fingerprint density at radius 3 is 2.56 bits per heavy atom. The standard InChI is InChI=1S/C15H10N2O/c1-2-6-11(7-3-1)15-16-10-14-17(15)12-8-4-5-9-13(12)18-14/h1-10H. The van der Waals surface area contributed by atoms with Crippen LogP contribution in [0.2, 0.25) is 0 Å². The summed E-state index contributed by atoms with van der Waals surface area (Å²) >= 11 is 0. The van der Waals surface area contributed by atoms with Gasteiger partial charge < -0.3 is 4.42 Å². The van der Waals surface area contributed by atoms with Crippen molar-refractivity contribution < 1.29 is 4.42 Å². The van der Waals surface area contributed by atoms with Gasteiger partial charge in [-0.1, -0.05) is 42.5 Å². The van der Waals surface area contributed by atoms with Gasteiger partial charge in [-0.3, -0.25) is 4.40 Å². The van der Waals surface area contributed by atoms with Crippen molar-refractivity contribution in [1.82, 2.24) is 9.38 Å². The van der Waals surface area contributed by atoms with Crippen molar-refractivity contribution in [3.8, 4) is 11.4 Å². The maximum Gasteiger partial charge on any atom is 0.225 e. The van der Waals surface area contributed by atoms with Crippen LogP contribution in [0, 0.1) is 0 Å². The molecular formula is C15H10N2O. The number of nitrogens with zero attached hydrogens (tertiary/aromatic N) is 2. The number of rotatable bonds is 1. The van der Waals surface area contributed by atoms with E-state index < -0.39 is 0 Å². The van der Waals surface area contributed by atoms with E-state index in [1.165, 1.54) is 0 Å². The lowest BCUT2D eigenvalue weighted by atomic mass is 10.2. The van der Waals surface area contributed by atoms with Gasteiger partial charge in [0.25, 0.3) is 0 Å². The molecule has 3 heteroatoms. The molecule has 4 rings (SSSR count). The summed E-state index contributed by atoms with van der Waals surface area (Å²) in [6.07, 6.45) is 1.77. The van der Waals surface area contributed by atoms with E-state index in [4.69, 9.17) is 4.42 Å². The molecule has 0 radical (unpaired) electrons. The van der Waals surface area contributed by atoms with Crippen molar-refractivity contribution in [3.05, 3.63) is 60.8 Å². The SMILES string of the molecule is c1ccc(-c2ncc3oc4ccccc4n23)cc1. The molecule has 0 bridgehead atoms. The molecule has 0 fully saturated rings. The van der Waals surface area contributed by atoms with Gasteiger partial charge in [0.15, 0.2) is 5.58 Å². The molecule has 18 heavy (non-hydrogen) atoms. The first-order valence-electron chi connectivity index (χ1n) is 5.84. The predicted octanol–water partition coefficient (Wildman–Crippen LogP) is 3.75. The van der Waals surface area contributed by atoms with Crippen molar-refractivity contribution in [2.45, 2.75) is 0 Å². The second kappa shape index (κ2) is 3.47. The van der Waals surface area contributed by atoms with Crippen LogP contribution in [0.3, 0.4) is 0 Å². The number of benzene rings is 2. The molecule has 2 aromatic carbocycles. The van der Waals surface area contributed by atoms with Crippen molar-refractivity contribution in [3.63, 3.8) is 0 Å². The summed E-state index contributed by atoms with van der Waals surface area (Å²) in [5, 5.41) is 0.